The van der Waals surface area contributed by atoms with Crippen LogP contribution in [0.5, 0.6) is 0 Å². The van der Waals surface area contributed by atoms with Crippen molar-refractivity contribution in [2.75, 3.05) is 16.8 Å². The van der Waals surface area contributed by atoms with E-state index in [1.165, 1.54) is 6.33 Å². The van der Waals surface area contributed by atoms with Crippen LogP contribution in [0.15, 0.2) is 6.33 Å². The number of hydrogen-bond donors (Lipinski definition) is 1. The lowest BCUT2D eigenvalue weighted by Gasteiger charge is -2.26. The van der Waals surface area contributed by atoms with Crippen LogP contribution in [0.3, 0.4) is 0 Å². The predicted octanol–water partition coefficient (Wildman–Crippen LogP) is 2.24. The van der Waals surface area contributed by atoms with E-state index in [4.69, 9.17) is 11.6 Å². The predicted molar refractivity (Wildman–Crippen MR) is 76.4 cm³/mol. The molecule has 1 N–H and O–H groups in total. The third-order valence-electron chi connectivity index (χ3n) is 3.34. The van der Waals surface area contributed by atoms with Gasteiger partial charge in [0.25, 0.3) is 0 Å². The lowest BCUT2D eigenvalue weighted by molar-refractivity contribution is 0.570. The highest BCUT2D eigenvalue weighted by molar-refractivity contribution is 7.91. The molecule has 5 nitrogen and oxygen atoms in total. The molecule has 1 unspecified atom stereocenters. The Balaban J connectivity index is 2.32. The van der Waals surface area contributed by atoms with Gasteiger partial charge in [0.2, 0.25) is 0 Å². The number of anilines is 1. The minimum absolute atomic E-state index is 0.124. The lowest BCUT2D eigenvalue weighted by atomic mass is 10.00. The molecule has 1 atom stereocenters. The van der Waals surface area contributed by atoms with E-state index in [1.807, 2.05) is 20.8 Å². The van der Waals surface area contributed by atoms with Gasteiger partial charge in [0.05, 0.1) is 17.0 Å². The number of nitrogens with one attached hydrogen (secondary N) is 1. The molecule has 2 rings (SSSR count). The zero-order chi connectivity index (χ0) is 14.3. The fourth-order valence-electron chi connectivity index (χ4n) is 2.38. The van der Waals surface area contributed by atoms with Crippen molar-refractivity contribution in [3.05, 3.63) is 17.0 Å². The van der Waals surface area contributed by atoms with Crippen LogP contribution in [-0.2, 0) is 9.84 Å². The number of aromatic nitrogens is 2. The first kappa shape index (κ1) is 14.5. The molecule has 106 valence electrons. The second-order valence-corrected chi connectivity index (χ2v) is 8.15. The van der Waals surface area contributed by atoms with E-state index in [2.05, 4.69) is 15.3 Å². The SMILES string of the molecule is CC(C)c1c(Cl)ncnc1NC1(C)CCS(=O)(=O)C1. The number of halogens is 1. The Kier molecular flexibility index (Phi) is 3.75. The van der Waals surface area contributed by atoms with Gasteiger partial charge in [0.1, 0.15) is 17.3 Å². The molecule has 1 aliphatic heterocycles. The molecule has 0 amide bonds. The summed E-state index contributed by atoms with van der Waals surface area (Å²) in [5.74, 6) is 1.14. The van der Waals surface area contributed by atoms with E-state index < -0.39 is 15.4 Å². The van der Waals surface area contributed by atoms with Crippen molar-refractivity contribution in [1.29, 1.82) is 0 Å². The normalized spacial score (nSPS) is 25.7. The van der Waals surface area contributed by atoms with E-state index in [0.717, 1.165) is 5.56 Å². The van der Waals surface area contributed by atoms with Crippen LogP contribution in [0.2, 0.25) is 5.15 Å². The zero-order valence-electron chi connectivity index (χ0n) is 11.3. The summed E-state index contributed by atoms with van der Waals surface area (Å²) in [7, 11) is -2.96. The minimum atomic E-state index is -2.96. The van der Waals surface area contributed by atoms with E-state index in [-0.39, 0.29) is 17.4 Å². The third kappa shape index (κ3) is 3.17. The smallest absolute Gasteiger partial charge is 0.152 e. The van der Waals surface area contributed by atoms with Gasteiger partial charge < -0.3 is 5.32 Å². The maximum absolute atomic E-state index is 11.6. The average molecular weight is 304 g/mol. The molecule has 1 fully saturated rings. The standard InChI is InChI=1S/C12H18ClN3O2S/c1-8(2)9-10(13)14-7-15-11(9)16-12(3)4-5-19(17,18)6-12/h7-8H,4-6H2,1-3H3,(H,14,15,16). The van der Waals surface area contributed by atoms with E-state index in [1.54, 1.807) is 0 Å². The highest BCUT2D eigenvalue weighted by atomic mass is 35.5. The molecule has 2 heterocycles. The Morgan fingerprint density at radius 2 is 2.11 bits per heavy atom. The van der Waals surface area contributed by atoms with Gasteiger partial charge in [-0.1, -0.05) is 25.4 Å². The number of hydrogen-bond acceptors (Lipinski definition) is 5. The molecular weight excluding hydrogens is 286 g/mol. The maximum Gasteiger partial charge on any atom is 0.152 e. The molecule has 0 saturated carbocycles. The Hall–Kier alpha value is -0.880. The van der Waals surface area contributed by atoms with Gasteiger partial charge in [-0.2, -0.15) is 0 Å². The highest BCUT2D eigenvalue weighted by Crippen LogP contribution is 2.33. The van der Waals surface area contributed by atoms with Crippen LogP contribution in [0.25, 0.3) is 0 Å². The highest BCUT2D eigenvalue weighted by Gasteiger charge is 2.39. The van der Waals surface area contributed by atoms with Gasteiger partial charge in [0.15, 0.2) is 9.84 Å². The molecule has 1 aromatic heterocycles. The van der Waals surface area contributed by atoms with Gasteiger partial charge in [-0.15, -0.1) is 0 Å². The van der Waals surface area contributed by atoms with Gasteiger partial charge in [-0.05, 0) is 19.3 Å². The van der Waals surface area contributed by atoms with Crippen molar-refractivity contribution in [3.8, 4) is 0 Å². The average Bonchev–Trinajstić information content (AvgIpc) is 2.52. The van der Waals surface area contributed by atoms with Crippen molar-refractivity contribution in [3.63, 3.8) is 0 Å². The number of nitrogens with zero attached hydrogens (tertiary/aromatic N) is 2. The molecule has 19 heavy (non-hydrogen) atoms. The minimum Gasteiger partial charge on any atom is -0.363 e. The Bertz CT molecular complexity index is 589. The van der Waals surface area contributed by atoms with E-state index in [0.29, 0.717) is 17.4 Å². The summed E-state index contributed by atoms with van der Waals surface area (Å²) in [6, 6.07) is 0. The topological polar surface area (TPSA) is 72.0 Å². The summed E-state index contributed by atoms with van der Waals surface area (Å²) >= 11 is 6.10. The third-order valence-corrected chi connectivity index (χ3v) is 5.54. The van der Waals surface area contributed by atoms with Crippen molar-refractivity contribution in [1.82, 2.24) is 9.97 Å². The first-order chi connectivity index (χ1) is 8.72. The molecule has 0 radical (unpaired) electrons. The Morgan fingerprint density at radius 1 is 1.42 bits per heavy atom. The molecule has 7 heteroatoms. The molecule has 1 aliphatic rings. The van der Waals surface area contributed by atoms with Gasteiger partial charge >= 0.3 is 0 Å². The van der Waals surface area contributed by atoms with Crippen molar-refractivity contribution in [2.24, 2.45) is 0 Å². The summed E-state index contributed by atoms with van der Waals surface area (Å²) < 4.78 is 23.2. The zero-order valence-corrected chi connectivity index (χ0v) is 12.8. The van der Waals surface area contributed by atoms with Gasteiger partial charge in [-0.3, -0.25) is 0 Å². The number of sulfone groups is 1. The van der Waals surface area contributed by atoms with Gasteiger partial charge in [-0.25, -0.2) is 18.4 Å². The summed E-state index contributed by atoms with van der Waals surface area (Å²) in [5, 5.41) is 3.66. The van der Waals surface area contributed by atoms with E-state index >= 15 is 0 Å². The molecule has 0 aliphatic carbocycles. The summed E-state index contributed by atoms with van der Waals surface area (Å²) in [5.41, 5.74) is 0.342. The lowest BCUT2D eigenvalue weighted by Crippen LogP contribution is -2.36. The molecule has 0 bridgehead atoms. The fraction of sp³-hybridized carbons (Fsp3) is 0.667. The van der Waals surface area contributed by atoms with Crippen LogP contribution in [0.4, 0.5) is 5.82 Å². The summed E-state index contributed by atoms with van der Waals surface area (Å²) in [6.07, 6.45) is 1.97. The first-order valence-electron chi connectivity index (χ1n) is 6.21. The van der Waals surface area contributed by atoms with Crippen molar-refractivity contribution in [2.45, 2.75) is 38.6 Å². The Labute approximate surface area is 118 Å². The first-order valence-corrected chi connectivity index (χ1v) is 8.41. The van der Waals surface area contributed by atoms with Crippen LogP contribution >= 0.6 is 11.6 Å². The second-order valence-electron chi connectivity index (χ2n) is 5.61. The van der Waals surface area contributed by atoms with Crippen LogP contribution in [0, 0.1) is 0 Å². The van der Waals surface area contributed by atoms with Crippen LogP contribution < -0.4 is 5.32 Å². The largest absolute Gasteiger partial charge is 0.363 e. The molecule has 0 spiro atoms. The molecule has 1 aromatic rings. The summed E-state index contributed by atoms with van der Waals surface area (Å²) in [4.78, 5) is 8.20. The maximum atomic E-state index is 11.6. The molecular formula is C12H18ClN3O2S. The Morgan fingerprint density at radius 3 is 2.63 bits per heavy atom. The second kappa shape index (κ2) is 4.90. The van der Waals surface area contributed by atoms with Crippen LogP contribution in [-0.4, -0.2) is 35.4 Å². The fourth-order valence-corrected chi connectivity index (χ4v) is 4.82. The number of rotatable bonds is 3. The molecule has 0 aromatic carbocycles. The quantitative estimate of drug-likeness (QED) is 0.867. The van der Waals surface area contributed by atoms with Crippen LogP contribution in [0.1, 0.15) is 38.7 Å². The van der Waals surface area contributed by atoms with Gasteiger partial charge in [0, 0.05) is 5.56 Å². The monoisotopic (exact) mass is 303 g/mol. The van der Waals surface area contributed by atoms with Crippen molar-refractivity contribution >= 4 is 27.3 Å². The molecule has 1 saturated heterocycles. The summed E-state index contributed by atoms with van der Waals surface area (Å²) in [6.45, 7) is 5.91. The van der Waals surface area contributed by atoms with E-state index in [9.17, 15) is 8.42 Å². The van der Waals surface area contributed by atoms with Crippen molar-refractivity contribution < 1.29 is 8.42 Å².